The van der Waals surface area contributed by atoms with E-state index in [0.29, 0.717) is 13.2 Å². The predicted molar refractivity (Wildman–Crippen MR) is 104 cm³/mol. The van der Waals surface area contributed by atoms with Crippen LogP contribution in [0, 0.1) is 13.8 Å². The molecular formula is C21H24N2O2S. The lowest BCUT2D eigenvalue weighted by Gasteiger charge is -2.11. The number of aryl methyl sites for hydroxylation is 2. The van der Waals surface area contributed by atoms with E-state index in [9.17, 15) is 4.79 Å². The van der Waals surface area contributed by atoms with Crippen LogP contribution >= 0.6 is 11.3 Å². The molecule has 0 radical (unpaired) electrons. The smallest absolute Gasteiger partial charge is 0.276 e. The van der Waals surface area contributed by atoms with E-state index < -0.39 is 0 Å². The number of benzene rings is 1. The maximum atomic E-state index is 13.1. The van der Waals surface area contributed by atoms with Crippen LogP contribution in [0.3, 0.4) is 0 Å². The number of hydrogen-bond donors (Lipinski definition) is 0. The molecule has 2 aliphatic carbocycles. The second-order valence-corrected chi connectivity index (χ2v) is 8.19. The van der Waals surface area contributed by atoms with Crippen LogP contribution in [0.2, 0.25) is 0 Å². The summed E-state index contributed by atoms with van der Waals surface area (Å²) in [6.45, 7) is 5.47. The topological polar surface area (TPSA) is 43.6 Å². The maximum absolute atomic E-state index is 13.1. The highest BCUT2D eigenvalue weighted by molar-refractivity contribution is 7.09. The summed E-state index contributed by atoms with van der Waals surface area (Å²) in [5.41, 5.74) is 4.93. The number of carbonyl (C=O) groups excluding carboxylic acids is 1. The lowest BCUT2D eigenvalue weighted by Crippen LogP contribution is -2.34. The van der Waals surface area contributed by atoms with E-state index in [1.165, 1.54) is 21.2 Å². The maximum Gasteiger partial charge on any atom is 0.276 e. The summed E-state index contributed by atoms with van der Waals surface area (Å²) in [7, 11) is 1.69. The van der Waals surface area contributed by atoms with Crippen LogP contribution < -0.4 is 15.2 Å². The SMILES string of the molecule is COCCn1c(C)c(C)sc1=NC(=O)C1=c2cccc3c2=C(CC1)CC3. The summed E-state index contributed by atoms with van der Waals surface area (Å²) in [4.78, 5) is 19.6. The lowest BCUT2D eigenvalue weighted by molar-refractivity contribution is -0.113. The quantitative estimate of drug-likeness (QED) is 0.828. The fourth-order valence-electron chi connectivity index (χ4n) is 4.05. The zero-order valence-corrected chi connectivity index (χ0v) is 16.4. The van der Waals surface area contributed by atoms with E-state index in [0.717, 1.165) is 47.0 Å². The molecule has 1 amide bonds. The highest BCUT2D eigenvalue weighted by Crippen LogP contribution is 2.24. The Morgan fingerprint density at radius 1 is 1.23 bits per heavy atom. The first-order valence-corrected chi connectivity index (χ1v) is 9.99. The van der Waals surface area contributed by atoms with Crippen LogP contribution in [0.5, 0.6) is 0 Å². The minimum absolute atomic E-state index is 0.0863. The van der Waals surface area contributed by atoms with Gasteiger partial charge in [-0.2, -0.15) is 4.99 Å². The van der Waals surface area contributed by atoms with E-state index >= 15 is 0 Å². The number of ether oxygens (including phenoxy) is 1. The van der Waals surface area contributed by atoms with Crippen LogP contribution in [-0.4, -0.2) is 24.2 Å². The van der Waals surface area contributed by atoms with E-state index in [2.05, 4.69) is 41.6 Å². The summed E-state index contributed by atoms with van der Waals surface area (Å²) in [6, 6.07) is 6.37. The summed E-state index contributed by atoms with van der Waals surface area (Å²) in [5.74, 6) is -0.0863. The molecule has 0 spiro atoms. The highest BCUT2D eigenvalue weighted by Gasteiger charge is 2.21. The van der Waals surface area contributed by atoms with Crippen molar-refractivity contribution in [2.24, 2.45) is 4.99 Å². The number of carbonyl (C=O) groups is 1. The van der Waals surface area contributed by atoms with Crippen molar-refractivity contribution < 1.29 is 9.53 Å². The van der Waals surface area contributed by atoms with E-state index in [4.69, 9.17) is 4.74 Å². The third-order valence-electron chi connectivity index (χ3n) is 5.57. The molecule has 26 heavy (non-hydrogen) atoms. The van der Waals surface area contributed by atoms with Crippen molar-refractivity contribution in [3.05, 3.63) is 49.6 Å². The molecule has 0 N–H and O–H groups in total. The Hall–Kier alpha value is -1.98. The molecule has 2 aromatic rings. The summed E-state index contributed by atoms with van der Waals surface area (Å²) < 4.78 is 7.31. The number of methoxy groups -OCH3 is 1. The molecule has 0 unspecified atom stereocenters. The molecule has 1 aromatic carbocycles. The molecule has 5 heteroatoms. The Balaban J connectivity index is 1.84. The van der Waals surface area contributed by atoms with Crippen molar-refractivity contribution in [3.63, 3.8) is 0 Å². The van der Waals surface area contributed by atoms with Gasteiger partial charge in [0.05, 0.1) is 6.61 Å². The number of hydrogen-bond acceptors (Lipinski definition) is 3. The van der Waals surface area contributed by atoms with Crippen molar-refractivity contribution in [1.82, 2.24) is 4.57 Å². The molecule has 1 aromatic heterocycles. The Bertz CT molecular complexity index is 1070. The minimum Gasteiger partial charge on any atom is -0.383 e. The van der Waals surface area contributed by atoms with Crippen LogP contribution in [0.15, 0.2) is 23.2 Å². The van der Waals surface area contributed by atoms with Crippen molar-refractivity contribution >= 4 is 28.4 Å². The molecule has 2 aliphatic rings. The average molecular weight is 369 g/mol. The Labute approximate surface area is 157 Å². The second kappa shape index (κ2) is 6.97. The molecule has 1 heterocycles. The van der Waals surface area contributed by atoms with Crippen LogP contribution in [0.1, 0.15) is 35.4 Å². The molecule has 0 atom stereocenters. The van der Waals surface area contributed by atoms with Gasteiger partial charge in [0.2, 0.25) is 0 Å². The van der Waals surface area contributed by atoms with Gasteiger partial charge in [-0.3, -0.25) is 4.79 Å². The normalized spacial score (nSPS) is 16.3. The van der Waals surface area contributed by atoms with Gasteiger partial charge in [-0.1, -0.05) is 23.8 Å². The molecular weight excluding hydrogens is 344 g/mol. The number of rotatable bonds is 4. The van der Waals surface area contributed by atoms with Crippen LogP contribution in [-0.2, 0) is 22.5 Å². The van der Waals surface area contributed by atoms with Gasteiger partial charge in [0.25, 0.3) is 5.91 Å². The van der Waals surface area contributed by atoms with Crippen LogP contribution in [0.4, 0.5) is 0 Å². The van der Waals surface area contributed by atoms with E-state index in [-0.39, 0.29) is 5.91 Å². The van der Waals surface area contributed by atoms with Crippen molar-refractivity contribution in [2.75, 3.05) is 13.7 Å². The van der Waals surface area contributed by atoms with Crippen molar-refractivity contribution in [3.8, 4) is 0 Å². The van der Waals surface area contributed by atoms with Gasteiger partial charge in [0.15, 0.2) is 4.80 Å². The molecule has 136 valence electrons. The van der Waals surface area contributed by atoms with Crippen molar-refractivity contribution in [1.29, 1.82) is 0 Å². The molecule has 0 saturated heterocycles. The fraction of sp³-hybridized carbons (Fsp3) is 0.429. The predicted octanol–water partition coefficient (Wildman–Crippen LogP) is 1.98. The molecule has 4 nitrogen and oxygen atoms in total. The Morgan fingerprint density at radius 2 is 2.04 bits per heavy atom. The summed E-state index contributed by atoms with van der Waals surface area (Å²) in [6.07, 6.45) is 4.05. The largest absolute Gasteiger partial charge is 0.383 e. The van der Waals surface area contributed by atoms with Gasteiger partial charge in [-0.15, -0.1) is 11.3 Å². The van der Waals surface area contributed by atoms with Crippen LogP contribution in [0.25, 0.3) is 11.1 Å². The van der Waals surface area contributed by atoms with E-state index in [1.54, 1.807) is 18.4 Å². The number of aromatic nitrogens is 1. The number of amides is 1. The first-order valence-electron chi connectivity index (χ1n) is 9.18. The zero-order valence-electron chi connectivity index (χ0n) is 15.6. The molecule has 0 fully saturated rings. The zero-order chi connectivity index (χ0) is 18.3. The van der Waals surface area contributed by atoms with Gasteiger partial charge < -0.3 is 9.30 Å². The Morgan fingerprint density at radius 3 is 2.85 bits per heavy atom. The standard InChI is InChI=1S/C21H24N2O2S/c1-13-14(2)26-21(23(13)11-12-25-3)22-20(24)18-10-9-16-8-7-15-5-4-6-17(18)19(15)16/h4-6H,7-12H2,1-3H3. The lowest BCUT2D eigenvalue weighted by atomic mass is 9.94. The molecule has 4 rings (SSSR count). The molecule has 0 saturated carbocycles. The second-order valence-electron chi connectivity index (χ2n) is 7.01. The average Bonchev–Trinajstić information content (AvgIpc) is 3.17. The van der Waals surface area contributed by atoms with Gasteiger partial charge in [-0.05, 0) is 55.5 Å². The number of nitrogens with zero attached hydrogens (tertiary/aromatic N) is 2. The first kappa shape index (κ1) is 17.4. The van der Waals surface area contributed by atoms with Gasteiger partial charge in [0, 0.05) is 29.8 Å². The minimum atomic E-state index is -0.0863. The third-order valence-corrected chi connectivity index (χ3v) is 6.66. The number of thiazole rings is 1. The monoisotopic (exact) mass is 368 g/mol. The molecule has 0 aliphatic heterocycles. The first-order chi connectivity index (χ1) is 12.6. The van der Waals surface area contributed by atoms with Gasteiger partial charge in [-0.25, -0.2) is 0 Å². The van der Waals surface area contributed by atoms with Gasteiger partial charge >= 0.3 is 0 Å². The Kier molecular flexibility index (Phi) is 4.67. The summed E-state index contributed by atoms with van der Waals surface area (Å²) >= 11 is 1.58. The van der Waals surface area contributed by atoms with Gasteiger partial charge in [0.1, 0.15) is 0 Å². The fourth-order valence-corrected chi connectivity index (χ4v) is 5.05. The highest BCUT2D eigenvalue weighted by atomic mass is 32.1. The molecule has 0 bridgehead atoms. The summed E-state index contributed by atoms with van der Waals surface area (Å²) in [5, 5.41) is 2.45. The third kappa shape index (κ3) is 2.89. The van der Waals surface area contributed by atoms with E-state index in [1.807, 2.05) is 0 Å². The van der Waals surface area contributed by atoms with Crippen molar-refractivity contribution in [2.45, 2.75) is 46.1 Å².